The highest BCUT2D eigenvalue weighted by Crippen LogP contribution is 2.27. The molecular weight excluding hydrogens is 260 g/mol. The van der Waals surface area contributed by atoms with Gasteiger partial charge in [0, 0.05) is 12.6 Å². The Morgan fingerprint density at radius 3 is 2.55 bits per heavy atom. The molecule has 110 valence electrons. The van der Waals surface area contributed by atoms with Gasteiger partial charge in [0.1, 0.15) is 5.69 Å². The van der Waals surface area contributed by atoms with Crippen LogP contribution in [0.3, 0.4) is 0 Å². The average Bonchev–Trinajstić information content (AvgIpc) is 2.46. The molecule has 0 unspecified atom stereocenters. The van der Waals surface area contributed by atoms with Crippen molar-refractivity contribution in [2.75, 3.05) is 12.0 Å². The third-order valence-electron chi connectivity index (χ3n) is 3.33. The smallest absolute Gasteiger partial charge is 0.294 e. The van der Waals surface area contributed by atoms with Crippen molar-refractivity contribution >= 4 is 17.3 Å². The van der Waals surface area contributed by atoms with Crippen LogP contribution in [-0.4, -0.2) is 17.4 Å². The number of nitrogens with zero attached hydrogens (tertiary/aromatic N) is 1. The van der Waals surface area contributed by atoms with Gasteiger partial charge in [0.05, 0.1) is 10.5 Å². The van der Waals surface area contributed by atoms with Crippen LogP contribution in [0.2, 0.25) is 0 Å². The molecule has 1 rings (SSSR count). The van der Waals surface area contributed by atoms with Gasteiger partial charge >= 0.3 is 0 Å². The lowest BCUT2D eigenvalue weighted by atomic mass is 10.0. The Kier molecular flexibility index (Phi) is 5.92. The van der Waals surface area contributed by atoms with Crippen LogP contribution < -0.4 is 16.6 Å². The molecule has 7 nitrogen and oxygen atoms in total. The van der Waals surface area contributed by atoms with E-state index in [9.17, 15) is 14.9 Å². The zero-order valence-corrected chi connectivity index (χ0v) is 11.7. The number of hydrogen-bond acceptors (Lipinski definition) is 5. The highest BCUT2D eigenvalue weighted by atomic mass is 16.6. The van der Waals surface area contributed by atoms with Crippen LogP contribution in [0.4, 0.5) is 11.4 Å². The average molecular weight is 280 g/mol. The number of hydrazine groups is 1. The molecule has 0 aromatic heterocycles. The summed E-state index contributed by atoms with van der Waals surface area (Å²) in [5.41, 5.74) is 2.22. The Bertz CT molecular complexity index is 487. The fourth-order valence-electron chi connectivity index (χ4n) is 1.94. The second kappa shape index (κ2) is 7.44. The van der Waals surface area contributed by atoms with Gasteiger partial charge in [-0.1, -0.05) is 32.8 Å². The van der Waals surface area contributed by atoms with Crippen molar-refractivity contribution in [2.24, 2.45) is 11.8 Å². The standard InChI is InChI=1S/C13H20N4O3/c1-3-9(4-2)8-15-13(18)10-6-5-7-11(17(19)20)12(10)16-14/h5-7,9,16H,3-4,8,14H2,1-2H3,(H,15,18). The van der Waals surface area contributed by atoms with Gasteiger partial charge in [0.25, 0.3) is 11.6 Å². The van der Waals surface area contributed by atoms with Gasteiger partial charge < -0.3 is 10.7 Å². The molecule has 1 aromatic carbocycles. The number of nitrogens with one attached hydrogen (secondary N) is 2. The molecule has 0 bridgehead atoms. The van der Waals surface area contributed by atoms with Crippen molar-refractivity contribution in [3.05, 3.63) is 33.9 Å². The quantitative estimate of drug-likeness (QED) is 0.402. The summed E-state index contributed by atoms with van der Waals surface area (Å²) in [5, 5.41) is 13.7. The van der Waals surface area contributed by atoms with Gasteiger partial charge in [0.15, 0.2) is 0 Å². The van der Waals surface area contributed by atoms with Gasteiger partial charge in [-0.15, -0.1) is 0 Å². The molecule has 7 heteroatoms. The number of nitrogens with two attached hydrogens (primary N) is 1. The predicted octanol–water partition coefficient (Wildman–Crippen LogP) is 2.05. The molecule has 1 amide bonds. The first-order valence-corrected chi connectivity index (χ1v) is 6.57. The third kappa shape index (κ3) is 3.67. The van der Waals surface area contributed by atoms with Gasteiger partial charge in [-0.25, -0.2) is 0 Å². The van der Waals surface area contributed by atoms with Crippen molar-refractivity contribution < 1.29 is 9.72 Å². The Balaban J connectivity index is 2.93. The van der Waals surface area contributed by atoms with Crippen molar-refractivity contribution in [3.63, 3.8) is 0 Å². The Morgan fingerprint density at radius 2 is 2.05 bits per heavy atom. The van der Waals surface area contributed by atoms with E-state index >= 15 is 0 Å². The van der Waals surface area contributed by atoms with Gasteiger partial charge in [-0.2, -0.15) is 0 Å². The summed E-state index contributed by atoms with van der Waals surface area (Å²) in [6.07, 6.45) is 1.93. The van der Waals surface area contributed by atoms with Crippen LogP contribution in [0.5, 0.6) is 0 Å². The van der Waals surface area contributed by atoms with E-state index in [-0.39, 0.29) is 22.8 Å². The normalized spacial score (nSPS) is 10.4. The molecule has 1 aromatic rings. The van der Waals surface area contributed by atoms with E-state index in [0.717, 1.165) is 12.8 Å². The number of amides is 1. The number of hydrogen-bond donors (Lipinski definition) is 3. The predicted molar refractivity (Wildman–Crippen MR) is 77.3 cm³/mol. The fraction of sp³-hybridized carbons (Fsp3) is 0.462. The molecular formula is C13H20N4O3. The minimum atomic E-state index is -0.577. The number of benzene rings is 1. The molecule has 0 aliphatic carbocycles. The number of anilines is 1. The van der Waals surface area contributed by atoms with E-state index in [1.807, 2.05) is 0 Å². The van der Waals surface area contributed by atoms with Crippen LogP contribution in [0.1, 0.15) is 37.0 Å². The van der Waals surface area contributed by atoms with E-state index in [1.54, 1.807) is 0 Å². The van der Waals surface area contributed by atoms with Crippen molar-refractivity contribution in [2.45, 2.75) is 26.7 Å². The van der Waals surface area contributed by atoms with E-state index in [4.69, 9.17) is 5.84 Å². The topological polar surface area (TPSA) is 110 Å². The van der Waals surface area contributed by atoms with E-state index in [1.165, 1.54) is 18.2 Å². The van der Waals surface area contributed by atoms with Crippen LogP contribution in [0.25, 0.3) is 0 Å². The van der Waals surface area contributed by atoms with Crippen LogP contribution in [0.15, 0.2) is 18.2 Å². The molecule has 4 N–H and O–H groups in total. The highest BCUT2D eigenvalue weighted by molar-refractivity contribution is 6.01. The summed E-state index contributed by atoms with van der Waals surface area (Å²) in [6.45, 7) is 4.65. The summed E-state index contributed by atoms with van der Waals surface area (Å²) in [6, 6.07) is 4.27. The van der Waals surface area contributed by atoms with Crippen LogP contribution in [0, 0.1) is 16.0 Å². The number of para-hydroxylation sites is 1. The maximum atomic E-state index is 12.1. The fourth-order valence-corrected chi connectivity index (χ4v) is 1.94. The minimum absolute atomic E-state index is 0.0274. The molecule has 0 aliphatic heterocycles. The number of nitro benzene ring substituents is 1. The summed E-state index contributed by atoms with van der Waals surface area (Å²) in [7, 11) is 0. The number of carbonyl (C=O) groups is 1. The maximum Gasteiger partial charge on any atom is 0.294 e. The van der Waals surface area contributed by atoms with Crippen LogP contribution >= 0.6 is 0 Å². The molecule has 0 spiro atoms. The molecule has 20 heavy (non-hydrogen) atoms. The first-order valence-electron chi connectivity index (χ1n) is 6.57. The summed E-state index contributed by atoms with van der Waals surface area (Å²) in [4.78, 5) is 22.4. The lowest BCUT2D eigenvalue weighted by Gasteiger charge is -2.14. The lowest BCUT2D eigenvalue weighted by molar-refractivity contribution is -0.384. The number of nitro groups is 1. The molecule has 0 aliphatic rings. The van der Waals surface area contributed by atoms with E-state index in [2.05, 4.69) is 24.6 Å². The molecule has 0 saturated carbocycles. The summed E-state index contributed by atoms with van der Waals surface area (Å²) >= 11 is 0. The Morgan fingerprint density at radius 1 is 1.40 bits per heavy atom. The third-order valence-corrected chi connectivity index (χ3v) is 3.33. The minimum Gasteiger partial charge on any atom is -0.352 e. The zero-order valence-electron chi connectivity index (χ0n) is 11.7. The van der Waals surface area contributed by atoms with Crippen molar-refractivity contribution in [1.29, 1.82) is 0 Å². The molecule has 0 heterocycles. The van der Waals surface area contributed by atoms with Crippen molar-refractivity contribution in [3.8, 4) is 0 Å². The largest absolute Gasteiger partial charge is 0.352 e. The second-order valence-electron chi connectivity index (χ2n) is 4.49. The first-order chi connectivity index (χ1) is 9.54. The summed E-state index contributed by atoms with van der Waals surface area (Å²) in [5.74, 6) is 5.33. The number of rotatable bonds is 7. The summed E-state index contributed by atoms with van der Waals surface area (Å²) < 4.78 is 0. The second-order valence-corrected chi connectivity index (χ2v) is 4.49. The lowest BCUT2D eigenvalue weighted by Crippen LogP contribution is -2.30. The first kappa shape index (κ1) is 15.9. The van der Waals surface area contributed by atoms with Gasteiger partial charge in [-0.3, -0.25) is 20.8 Å². The van der Waals surface area contributed by atoms with E-state index in [0.29, 0.717) is 12.5 Å². The van der Waals surface area contributed by atoms with Crippen molar-refractivity contribution in [1.82, 2.24) is 5.32 Å². The molecule has 0 radical (unpaired) electrons. The van der Waals surface area contributed by atoms with E-state index < -0.39 is 4.92 Å². The number of carbonyl (C=O) groups excluding carboxylic acids is 1. The zero-order chi connectivity index (χ0) is 15.1. The van der Waals surface area contributed by atoms with Gasteiger partial charge in [0.2, 0.25) is 0 Å². The van der Waals surface area contributed by atoms with Crippen LogP contribution in [-0.2, 0) is 0 Å². The SMILES string of the molecule is CCC(CC)CNC(=O)c1cccc([N+](=O)[O-])c1NN. The number of nitrogen functional groups attached to an aromatic ring is 1. The van der Waals surface area contributed by atoms with Gasteiger partial charge in [-0.05, 0) is 12.0 Å². The highest BCUT2D eigenvalue weighted by Gasteiger charge is 2.21. The molecule has 0 atom stereocenters. The maximum absolute atomic E-state index is 12.1. The monoisotopic (exact) mass is 280 g/mol. The Labute approximate surface area is 117 Å². The molecule has 0 saturated heterocycles. The molecule has 0 fully saturated rings. The Hall–Kier alpha value is -2.15.